The maximum Gasteiger partial charge on any atom is 0.0732 e. The van der Waals surface area contributed by atoms with Crippen molar-refractivity contribution < 1.29 is 9.84 Å². The van der Waals surface area contributed by atoms with Gasteiger partial charge in [-0.3, -0.25) is 0 Å². The van der Waals surface area contributed by atoms with Crippen LogP contribution in [0.25, 0.3) is 0 Å². The summed E-state index contributed by atoms with van der Waals surface area (Å²) in [5.74, 6) is 0. The molecule has 66 valence electrons. The third kappa shape index (κ3) is 2.81. The highest BCUT2D eigenvalue weighted by atomic mass is 35.5. The van der Waals surface area contributed by atoms with Gasteiger partial charge in [-0.1, -0.05) is 29.8 Å². The van der Waals surface area contributed by atoms with Crippen molar-refractivity contribution in [1.29, 1.82) is 0 Å². The van der Waals surface area contributed by atoms with E-state index in [9.17, 15) is 0 Å². The van der Waals surface area contributed by atoms with E-state index >= 15 is 0 Å². The van der Waals surface area contributed by atoms with Gasteiger partial charge in [0.15, 0.2) is 0 Å². The third-order valence-corrected chi connectivity index (χ3v) is 1.82. The lowest BCUT2D eigenvalue weighted by atomic mass is 10.2. The molecule has 2 nitrogen and oxygen atoms in total. The number of hydrogen-bond donors (Lipinski definition) is 1. The van der Waals surface area contributed by atoms with Crippen molar-refractivity contribution in [3.05, 3.63) is 34.9 Å². The SMILES string of the molecule is OCCOCc1ccccc1Cl. The molecule has 0 spiro atoms. The van der Waals surface area contributed by atoms with E-state index < -0.39 is 0 Å². The van der Waals surface area contributed by atoms with E-state index in [1.807, 2.05) is 24.3 Å². The molecule has 0 saturated carbocycles. The topological polar surface area (TPSA) is 29.5 Å². The minimum Gasteiger partial charge on any atom is -0.394 e. The lowest BCUT2D eigenvalue weighted by Gasteiger charge is -2.03. The maximum atomic E-state index is 8.46. The van der Waals surface area contributed by atoms with Gasteiger partial charge in [0.05, 0.1) is 19.8 Å². The van der Waals surface area contributed by atoms with Gasteiger partial charge in [0.2, 0.25) is 0 Å². The highest BCUT2D eigenvalue weighted by Gasteiger charge is 1.97. The fourth-order valence-corrected chi connectivity index (χ4v) is 1.05. The molecule has 0 radical (unpaired) electrons. The van der Waals surface area contributed by atoms with Gasteiger partial charge < -0.3 is 9.84 Å². The molecule has 0 heterocycles. The van der Waals surface area contributed by atoms with Crippen molar-refractivity contribution >= 4 is 11.6 Å². The molecule has 1 aromatic rings. The first kappa shape index (κ1) is 9.52. The first-order valence-electron chi connectivity index (χ1n) is 3.76. The number of aliphatic hydroxyl groups is 1. The predicted molar refractivity (Wildman–Crippen MR) is 48.2 cm³/mol. The average Bonchev–Trinajstić information content (AvgIpc) is 2.09. The smallest absolute Gasteiger partial charge is 0.0732 e. The van der Waals surface area contributed by atoms with Crippen molar-refractivity contribution in [2.75, 3.05) is 13.2 Å². The summed E-state index contributed by atoms with van der Waals surface area (Å²) < 4.78 is 5.12. The van der Waals surface area contributed by atoms with Crippen LogP contribution in [0.15, 0.2) is 24.3 Å². The lowest BCUT2D eigenvalue weighted by molar-refractivity contribution is 0.0816. The summed E-state index contributed by atoms with van der Waals surface area (Å²) in [5.41, 5.74) is 0.951. The van der Waals surface area contributed by atoms with Gasteiger partial charge in [0, 0.05) is 5.02 Å². The molecule has 1 rings (SSSR count). The van der Waals surface area contributed by atoms with Crippen LogP contribution in [0.2, 0.25) is 5.02 Å². The Morgan fingerprint density at radius 2 is 2.08 bits per heavy atom. The van der Waals surface area contributed by atoms with Crippen LogP contribution in [0.3, 0.4) is 0 Å². The molecule has 0 bridgehead atoms. The Hall–Kier alpha value is -0.570. The number of hydrogen-bond acceptors (Lipinski definition) is 2. The monoisotopic (exact) mass is 186 g/mol. The highest BCUT2D eigenvalue weighted by molar-refractivity contribution is 6.31. The molecule has 12 heavy (non-hydrogen) atoms. The number of rotatable bonds is 4. The molecule has 0 aromatic heterocycles. The Balaban J connectivity index is 2.46. The fraction of sp³-hybridized carbons (Fsp3) is 0.333. The minimum atomic E-state index is 0.0461. The van der Waals surface area contributed by atoms with Gasteiger partial charge in [-0.15, -0.1) is 0 Å². The summed E-state index contributed by atoms with van der Waals surface area (Å²) >= 11 is 5.86. The van der Waals surface area contributed by atoms with Gasteiger partial charge >= 0.3 is 0 Å². The van der Waals surface area contributed by atoms with Crippen LogP contribution in [0, 0.1) is 0 Å². The molecule has 1 aromatic carbocycles. The Bertz CT molecular complexity index is 238. The van der Waals surface area contributed by atoms with Gasteiger partial charge in [-0.2, -0.15) is 0 Å². The van der Waals surface area contributed by atoms with E-state index in [1.54, 1.807) is 0 Å². The van der Waals surface area contributed by atoms with Crippen LogP contribution < -0.4 is 0 Å². The van der Waals surface area contributed by atoms with Gasteiger partial charge in [0.1, 0.15) is 0 Å². The Labute approximate surface area is 76.7 Å². The van der Waals surface area contributed by atoms with Crippen molar-refractivity contribution in [2.24, 2.45) is 0 Å². The molecule has 0 aliphatic carbocycles. The van der Waals surface area contributed by atoms with E-state index in [4.69, 9.17) is 21.4 Å². The van der Waals surface area contributed by atoms with Crippen LogP contribution >= 0.6 is 11.6 Å². The summed E-state index contributed by atoms with van der Waals surface area (Å²) in [4.78, 5) is 0. The van der Waals surface area contributed by atoms with E-state index in [0.29, 0.717) is 18.2 Å². The Morgan fingerprint density at radius 3 is 2.75 bits per heavy atom. The van der Waals surface area contributed by atoms with E-state index in [-0.39, 0.29) is 6.61 Å². The quantitative estimate of drug-likeness (QED) is 0.728. The van der Waals surface area contributed by atoms with Gasteiger partial charge in [-0.05, 0) is 11.6 Å². The number of halogens is 1. The van der Waals surface area contributed by atoms with E-state index in [0.717, 1.165) is 5.56 Å². The zero-order chi connectivity index (χ0) is 8.81. The van der Waals surface area contributed by atoms with E-state index in [1.165, 1.54) is 0 Å². The molecule has 0 saturated heterocycles. The molecule has 3 heteroatoms. The predicted octanol–water partition coefficient (Wildman–Crippen LogP) is 1.85. The zero-order valence-electron chi connectivity index (χ0n) is 6.66. The van der Waals surface area contributed by atoms with Crippen LogP contribution in [0.1, 0.15) is 5.56 Å². The van der Waals surface area contributed by atoms with Crippen molar-refractivity contribution in [3.63, 3.8) is 0 Å². The van der Waals surface area contributed by atoms with Crippen molar-refractivity contribution in [3.8, 4) is 0 Å². The zero-order valence-corrected chi connectivity index (χ0v) is 7.42. The summed E-state index contributed by atoms with van der Waals surface area (Å²) in [6, 6.07) is 7.50. The molecular weight excluding hydrogens is 176 g/mol. The molecular formula is C9H11ClO2. The fourth-order valence-electron chi connectivity index (χ4n) is 0.862. The van der Waals surface area contributed by atoms with Crippen LogP contribution in [-0.2, 0) is 11.3 Å². The van der Waals surface area contributed by atoms with Crippen molar-refractivity contribution in [1.82, 2.24) is 0 Å². The molecule has 0 aliphatic rings. The molecule has 0 amide bonds. The summed E-state index contributed by atoms with van der Waals surface area (Å²) in [6.07, 6.45) is 0. The summed E-state index contributed by atoms with van der Waals surface area (Å²) in [7, 11) is 0. The Kier molecular flexibility index (Phi) is 4.08. The van der Waals surface area contributed by atoms with Crippen LogP contribution in [0.5, 0.6) is 0 Å². The lowest BCUT2D eigenvalue weighted by Crippen LogP contribution is -1.99. The molecule has 0 fully saturated rings. The Morgan fingerprint density at radius 1 is 1.33 bits per heavy atom. The first-order chi connectivity index (χ1) is 5.84. The number of ether oxygens (including phenoxy) is 1. The molecule has 1 N–H and O–H groups in total. The van der Waals surface area contributed by atoms with Gasteiger partial charge in [0.25, 0.3) is 0 Å². The first-order valence-corrected chi connectivity index (χ1v) is 4.14. The number of aliphatic hydroxyl groups excluding tert-OH is 1. The second kappa shape index (κ2) is 5.14. The maximum absolute atomic E-state index is 8.46. The number of benzene rings is 1. The molecule has 0 unspecified atom stereocenters. The van der Waals surface area contributed by atoms with Crippen LogP contribution in [0.4, 0.5) is 0 Å². The normalized spacial score (nSPS) is 10.2. The van der Waals surface area contributed by atoms with Crippen LogP contribution in [-0.4, -0.2) is 18.3 Å². The second-order valence-corrected chi connectivity index (χ2v) is 2.77. The summed E-state index contributed by atoms with van der Waals surface area (Å²) in [6.45, 7) is 0.857. The van der Waals surface area contributed by atoms with Gasteiger partial charge in [-0.25, -0.2) is 0 Å². The second-order valence-electron chi connectivity index (χ2n) is 2.37. The standard InChI is InChI=1S/C9H11ClO2/c10-9-4-2-1-3-8(9)7-12-6-5-11/h1-4,11H,5-7H2. The third-order valence-electron chi connectivity index (χ3n) is 1.45. The largest absolute Gasteiger partial charge is 0.394 e. The average molecular weight is 187 g/mol. The van der Waals surface area contributed by atoms with Crippen molar-refractivity contribution in [2.45, 2.75) is 6.61 Å². The molecule has 0 atom stereocenters. The summed E-state index contributed by atoms with van der Waals surface area (Å²) in [5, 5.41) is 9.16. The van der Waals surface area contributed by atoms with E-state index in [2.05, 4.69) is 0 Å². The molecule has 0 aliphatic heterocycles. The minimum absolute atomic E-state index is 0.0461. The highest BCUT2D eigenvalue weighted by Crippen LogP contribution is 2.15.